The van der Waals surface area contributed by atoms with Gasteiger partial charge in [-0.1, -0.05) is 25.5 Å². The summed E-state index contributed by atoms with van der Waals surface area (Å²) in [5, 5.41) is 10.6. The Bertz CT molecular complexity index is 606. The molecule has 0 heterocycles. The Morgan fingerprint density at radius 3 is 2.79 bits per heavy atom. The van der Waals surface area contributed by atoms with Crippen molar-refractivity contribution in [3.8, 4) is 0 Å². The van der Waals surface area contributed by atoms with Gasteiger partial charge in [0.1, 0.15) is 0 Å². The van der Waals surface area contributed by atoms with Crippen molar-refractivity contribution in [1.29, 1.82) is 0 Å². The number of aliphatic hydroxyl groups is 1. The minimum absolute atomic E-state index is 0.0190. The van der Waals surface area contributed by atoms with Crippen LogP contribution in [0.3, 0.4) is 0 Å². The van der Waals surface area contributed by atoms with Crippen LogP contribution in [0.25, 0.3) is 0 Å². The average molecular weight is 330 g/mol. The number of aliphatic hydroxyl groups excluding tert-OH is 1. The quantitative estimate of drug-likeness (QED) is 0.842. The van der Waals surface area contributed by atoms with Crippen molar-refractivity contribution in [1.82, 2.24) is 0 Å². The highest BCUT2D eigenvalue weighted by Gasteiger charge is 2.59. The summed E-state index contributed by atoms with van der Waals surface area (Å²) in [4.78, 5) is 12.0. The zero-order valence-electron chi connectivity index (χ0n) is 15.1. The van der Waals surface area contributed by atoms with E-state index in [1.54, 1.807) is 13.2 Å². The van der Waals surface area contributed by atoms with Crippen LogP contribution in [-0.4, -0.2) is 30.7 Å². The van der Waals surface area contributed by atoms with Crippen LogP contribution < -0.4 is 0 Å². The van der Waals surface area contributed by atoms with E-state index in [9.17, 15) is 9.90 Å². The maximum absolute atomic E-state index is 12.0. The standard InChI is InChI=1S/C21H30O3/c1-20-8-6-14(22)11-18(20)13(12-24-3)10-15-16-4-5-19(23)21(16,2)9-7-17(15)20/h6,8,11,13,15-17,19,23H,4-5,7,9-10,12H2,1-3H3/t13-,15+,16+,17+,19?,20-,21+/m1/s1. The number of methoxy groups -OCH3 is 1. The van der Waals surface area contributed by atoms with Crippen molar-refractivity contribution in [3.63, 3.8) is 0 Å². The number of ketones is 1. The van der Waals surface area contributed by atoms with Crippen LogP contribution in [-0.2, 0) is 9.53 Å². The molecule has 4 aliphatic rings. The molecule has 0 aliphatic heterocycles. The first-order valence-corrected chi connectivity index (χ1v) is 9.52. The normalized spacial score (nSPS) is 50.1. The molecule has 0 saturated heterocycles. The van der Waals surface area contributed by atoms with E-state index >= 15 is 0 Å². The predicted octanol–water partition coefficient (Wildman–Crippen LogP) is 3.53. The first kappa shape index (κ1) is 16.5. The van der Waals surface area contributed by atoms with E-state index in [0.717, 1.165) is 32.1 Å². The average Bonchev–Trinajstić information content (AvgIpc) is 2.85. The van der Waals surface area contributed by atoms with Crippen LogP contribution in [0.4, 0.5) is 0 Å². The number of carbonyl (C=O) groups excluding carboxylic acids is 1. The largest absolute Gasteiger partial charge is 0.393 e. The number of rotatable bonds is 2. The lowest BCUT2D eigenvalue weighted by Gasteiger charge is -2.58. The fourth-order valence-electron chi connectivity index (χ4n) is 6.75. The smallest absolute Gasteiger partial charge is 0.178 e. The highest BCUT2D eigenvalue weighted by molar-refractivity contribution is 6.01. The summed E-state index contributed by atoms with van der Waals surface area (Å²) >= 11 is 0. The van der Waals surface area contributed by atoms with Crippen molar-refractivity contribution < 1.29 is 14.6 Å². The van der Waals surface area contributed by atoms with Crippen molar-refractivity contribution >= 4 is 5.78 Å². The summed E-state index contributed by atoms with van der Waals surface area (Å²) in [5.41, 5.74) is 1.36. The molecule has 7 atom stereocenters. The molecule has 3 heteroatoms. The second kappa shape index (κ2) is 5.54. The molecule has 0 bridgehead atoms. The predicted molar refractivity (Wildman–Crippen MR) is 93.4 cm³/mol. The Balaban J connectivity index is 1.74. The molecule has 4 aliphatic carbocycles. The van der Waals surface area contributed by atoms with Gasteiger partial charge in [-0.05, 0) is 67.4 Å². The first-order valence-electron chi connectivity index (χ1n) is 9.52. The third-order valence-corrected chi connectivity index (χ3v) is 8.04. The third-order valence-electron chi connectivity index (χ3n) is 8.04. The number of carbonyl (C=O) groups is 1. The molecule has 24 heavy (non-hydrogen) atoms. The van der Waals surface area contributed by atoms with Crippen LogP contribution in [0.2, 0.25) is 0 Å². The van der Waals surface area contributed by atoms with Gasteiger partial charge < -0.3 is 9.84 Å². The second-order valence-corrected chi connectivity index (χ2v) is 9.02. The molecular weight excluding hydrogens is 300 g/mol. The van der Waals surface area contributed by atoms with Crippen molar-refractivity contribution in [3.05, 3.63) is 23.8 Å². The van der Waals surface area contributed by atoms with Crippen LogP contribution in [0, 0.1) is 34.5 Å². The van der Waals surface area contributed by atoms with Crippen LogP contribution in [0.1, 0.15) is 46.0 Å². The fraction of sp³-hybridized carbons (Fsp3) is 0.762. The fourth-order valence-corrected chi connectivity index (χ4v) is 6.75. The van der Waals surface area contributed by atoms with E-state index < -0.39 is 0 Å². The summed E-state index contributed by atoms with van der Waals surface area (Å²) in [7, 11) is 1.76. The zero-order valence-corrected chi connectivity index (χ0v) is 15.1. The molecule has 1 N–H and O–H groups in total. The highest BCUT2D eigenvalue weighted by Crippen LogP contribution is 2.65. The SMILES string of the molecule is COC[C@H]1C[C@@H]2[C@H](CC[C@]3(C)C(O)CC[C@@H]23)[C@@]2(C)C=CC(=O)C=C12. The van der Waals surface area contributed by atoms with Crippen molar-refractivity contribution in [2.24, 2.45) is 34.5 Å². The lowest BCUT2D eigenvalue weighted by molar-refractivity contribution is -0.111. The second-order valence-electron chi connectivity index (χ2n) is 9.02. The van der Waals surface area contributed by atoms with Gasteiger partial charge in [0.25, 0.3) is 0 Å². The topological polar surface area (TPSA) is 46.5 Å². The molecule has 3 nitrogen and oxygen atoms in total. The maximum atomic E-state index is 12.0. The lowest BCUT2D eigenvalue weighted by atomic mass is 9.46. The van der Waals surface area contributed by atoms with Crippen LogP contribution in [0.15, 0.2) is 23.8 Å². The molecule has 3 fully saturated rings. The Morgan fingerprint density at radius 2 is 2.04 bits per heavy atom. The number of hydrogen-bond donors (Lipinski definition) is 1. The Morgan fingerprint density at radius 1 is 1.25 bits per heavy atom. The van der Waals surface area contributed by atoms with Crippen molar-refractivity contribution in [2.75, 3.05) is 13.7 Å². The van der Waals surface area contributed by atoms with Gasteiger partial charge in [-0.2, -0.15) is 0 Å². The molecule has 0 aromatic carbocycles. The van der Waals surface area contributed by atoms with E-state index in [-0.39, 0.29) is 22.7 Å². The monoisotopic (exact) mass is 330 g/mol. The van der Waals surface area contributed by atoms with Gasteiger partial charge in [0, 0.05) is 18.4 Å². The number of ether oxygens (including phenoxy) is 1. The van der Waals surface area contributed by atoms with E-state index in [2.05, 4.69) is 19.9 Å². The number of fused-ring (bicyclic) bond motifs is 5. The van der Waals surface area contributed by atoms with Gasteiger partial charge in [-0.3, -0.25) is 4.79 Å². The first-order chi connectivity index (χ1) is 11.4. The van der Waals surface area contributed by atoms with Gasteiger partial charge in [0.05, 0.1) is 12.7 Å². The van der Waals surface area contributed by atoms with Crippen LogP contribution in [0.5, 0.6) is 0 Å². The zero-order chi connectivity index (χ0) is 17.1. The molecule has 0 radical (unpaired) electrons. The molecule has 0 aromatic rings. The van der Waals surface area contributed by atoms with E-state index in [1.165, 1.54) is 5.57 Å². The summed E-state index contributed by atoms with van der Waals surface area (Å²) in [5.74, 6) is 2.27. The Kier molecular flexibility index (Phi) is 3.81. The summed E-state index contributed by atoms with van der Waals surface area (Å²) in [6.45, 7) is 5.33. The molecule has 0 aromatic heterocycles. The molecule has 4 rings (SSSR count). The summed E-state index contributed by atoms with van der Waals surface area (Å²) < 4.78 is 5.52. The Labute approximate surface area is 145 Å². The molecule has 0 spiro atoms. The molecule has 3 saturated carbocycles. The maximum Gasteiger partial charge on any atom is 0.178 e. The minimum atomic E-state index is -0.141. The number of allylic oxidation sites excluding steroid dienone is 3. The van der Waals surface area contributed by atoms with Gasteiger partial charge in [-0.15, -0.1) is 0 Å². The van der Waals surface area contributed by atoms with Crippen LogP contribution >= 0.6 is 0 Å². The third kappa shape index (κ3) is 2.13. The van der Waals surface area contributed by atoms with Gasteiger partial charge >= 0.3 is 0 Å². The molecule has 1 unspecified atom stereocenters. The minimum Gasteiger partial charge on any atom is -0.393 e. The number of hydrogen-bond acceptors (Lipinski definition) is 3. The Hall–Kier alpha value is -0.930. The van der Waals surface area contributed by atoms with Crippen molar-refractivity contribution in [2.45, 2.75) is 52.1 Å². The summed E-state index contributed by atoms with van der Waals surface area (Å²) in [6, 6.07) is 0. The van der Waals surface area contributed by atoms with Gasteiger partial charge in [0.15, 0.2) is 5.78 Å². The van der Waals surface area contributed by atoms with Gasteiger partial charge in [0.2, 0.25) is 0 Å². The molecule has 132 valence electrons. The summed E-state index contributed by atoms with van der Waals surface area (Å²) in [6.07, 6.45) is 11.2. The molecular formula is C21H30O3. The van der Waals surface area contributed by atoms with E-state index in [4.69, 9.17) is 4.74 Å². The highest BCUT2D eigenvalue weighted by atomic mass is 16.5. The van der Waals surface area contributed by atoms with Gasteiger partial charge in [-0.25, -0.2) is 0 Å². The van der Waals surface area contributed by atoms with E-state index in [0.29, 0.717) is 30.3 Å². The molecule has 0 amide bonds. The lowest BCUT2D eigenvalue weighted by Crippen LogP contribution is -2.52. The van der Waals surface area contributed by atoms with E-state index in [1.807, 2.05) is 6.08 Å².